The van der Waals surface area contributed by atoms with Crippen molar-refractivity contribution in [2.75, 3.05) is 12.4 Å². The zero-order valence-electron chi connectivity index (χ0n) is 16.9. The third kappa shape index (κ3) is 6.15. The number of nitrogens with one attached hydrogen (secondary N) is 1. The van der Waals surface area contributed by atoms with E-state index in [4.69, 9.17) is 4.74 Å². The zero-order chi connectivity index (χ0) is 22.2. The predicted octanol–water partition coefficient (Wildman–Crippen LogP) is 5.58. The molecule has 2 aromatic carbocycles. The van der Waals surface area contributed by atoms with Crippen LogP contribution in [0.4, 0.5) is 0 Å². The van der Waals surface area contributed by atoms with Gasteiger partial charge in [-0.3, -0.25) is 4.79 Å². The van der Waals surface area contributed by atoms with Crippen molar-refractivity contribution in [3.8, 4) is 5.75 Å². The summed E-state index contributed by atoms with van der Waals surface area (Å²) in [5, 5.41) is 0.857. The van der Waals surface area contributed by atoms with Gasteiger partial charge in [0.05, 0.1) is 12.9 Å². The minimum absolute atomic E-state index is 0.0682. The van der Waals surface area contributed by atoms with E-state index in [1.54, 1.807) is 42.4 Å². The molecule has 32 heavy (non-hydrogen) atoms. The first-order valence-corrected chi connectivity index (χ1v) is 11.6. The smallest absolute Gasteiger partial charge is 0.181 e. The van der Waals surface area contributed by atoms with E-state index in [9.17, 15) is 4.79 Å². The number of ketones is 1. The van der Waals surface area contributed by atoms with Gasteiger partial charge < -0.3 is 9.72 Å². The van der Waals surface area contributed by atoms with Gasteiger partial charge in [0, 0.05) is 10.2 Å². The standard InChI is InChI=1S/C24H19BrN4O2S/c25-19-7-1-17(2-8-19)3-9-20(30)10-4-18-5-11-21(12-6-18)31-13-14-32-24-22-23(27-15-26-22)28-16-29-24/h1-12,15-16H,13-14H2,(H,26,27,28,29)/b9-3+,10-4+. The molecule has 4 aromatic rings. The summed E-state index contributed by atoms with van der Waals surface area (Å²) in [5.74, 6) is 1.45. The highest BCUT2D eigenvalue weighted by molar-refractivity contribution is 9.10. The second kappa shape index (κ2) is 10.9. The third-order valence-electron chi connectivity index (χ3n) is 4.41. The molecule has 0 bridgehead atoms. The van der Waals surface area contributed by atoms with E-state index in [0.29, 0.717) is 12.3 Å². The van der Waals surface area contributed by atoms with E-state index < -0.39 is 0 Å². The minimum atomic E-state index is -0.0682. The number of ether oxygens (including phenoxy) is 1. The second-order valence-corrected chi connectivity index (χ2v) is 8.67. The first-order chi connectivity index (χ1) is 15.7. The summed E-state index contributed by atoms with van der Waals surface area (Å²) in [5.41, 5.74) is 3.41. The number of rotatable bonds is 9. The van der Waals surface area contributed by atoms with Crippen LogP contribution in [-0.4, -0.2) is 38.1 Å². The van der Waals surface area contributed by atoms with Crippen molar-refractivity contribution in [3.63, 3.8) is 0 Å². The molecule has 160 valence electrons. The van der Waals surface area contributed by atoms with E-state index >= 15 is 0 Å². The van der Waals surface area contributed by atoms with E-state index in [1.807, 2.05) is 48.5 Å². The number of aromatic amines is 1. The van der Waals surface area contributed by atoms with Gasteiger partial charge >= 0.3 is 0 Å². The van der Waals surface area contributed by atoms with Gasteiger partial charge in [-0.15, -0.1) is 11.8 Å². The Balaban J connectivity index is 1.23. The van der Waals surface area contributed by atoms with Crippen molar-refractivity contribution in [2.24, 2.45) is 0 Å². The van der Waals surface area contributed by atoms with Crippen LogP contribution in [0.5, 0.6) is 5.75 Å². The average Bonchev–Trinajstić information content (AvgIpc) is 3.31. The van der Waals surface area contributed by atoms with Crippen LogP contribution in [0.15, 0.2) is 82.8 Å². The summed E-state index contributed by atoms with van der Waals surface area (Å²) in [7, 11) is 0. The molecule has 1 N–H and O–H groups in total. The van der Waals surface area contributed by atoms with Gasteiger partial charge in [0.2, 0.25) is 0 Å². The fourth-order valence-corrected chi connectivity index (χ4v) is 3.85. The molecule has 4 rings (SSSR count). The van der Waals surface area contributed by atoms with E-state index in [-0.39, 0.29) is 5.78 Å². The number of aromatic nitrogens is 4. The van der Waals surface area contributed by atoms with Gasteiger partial charge in [-0.05, 0) is 47.5 Å². The van der Waals surface area contributed by atoms with Gasteiger partial charge in [0.15, 0.2) is 11.4 Å². The van der Waals surface area contributed by atoms with Gasteiger partial charge in [-0.2, -0.15) is 0 Å². The average molecular weight is 507 g/mol. The fraction of sp³-hybridized carbons (Fsp3) is 0.0833. The Bertz CT molecular complexity index is 1250. The molecule has 2 aromatic heterocycles. The van der Waals surface area contributed by atoms with Crippen LogP contribution < -0.4 is 4.74 Å². The third-order valence-corrected chi connectivity index (χ3v) is 5.89. The Hall–Kier alpha value is -3.23. The number of halogens is 1. The second-order valence-electron chi connectivity index (χ2n) is 6.67. The molecule has 0 spiro atoms. The molecule has 0 saturated carbocycles. The monoisotopic (exact) mass is 506 g/mol. The number of carbonyl (C=O) groups excluding carboxylic acids is 1. The Labute approximate surface area is 198 Å². The Morgan fingerprint density at radius 1 is 0.969 bits per heavy atom. The fourth-order valence-electron chi connectivity index (χ4n) is 2.81. The van der Waals surface area contributed by atoms with Crippen LogP contribution in [0.1, 0.15) is 11.1 Å². The molecule has 0 amide bonds. The summed E-state index contributed by atoms with van der Waals surface area (Å²) < 4.78 is 6.81. The van der Waals surface area contributed by atoms with Crippen LogP contribution in [-0.2, 0) is 4.79 Å². The number of nitrogens with zero attached hydrogens (tertiary/aromatic N) is 3. The summed E-state index contributed by atoms with van der Waals surface area (Å²) in [4.78, 5) is 27.6. The molecule has 0 aliphatic heterocycles. The molecule has 0 unspecified atom stereocenters. The highest BCUT2D eigenvalue weighted by Crippen LogP contribution is 2.22. The lowest BCUT2D eigenvalue weighted by atomic mass is 10.1. The molecule has 0 aliphatic carbocycles. The highest BCUT2D eigenvalue weighted by atomic mass is 79.9. The maximum absolute atomic E-state index is 12.1. The zero-order valence-corrected chi connectivity index (χ0v) is 19.3. The quantitative estimate of drug-likeness (QED) is 0.138. The molecule has 8 heteroatoms. The first-order valence-electron chi connectivity index (χ1n) is 9.83. The number of hydrogen-bond acceptors (Lipinski definition) is 6. The maximum Gasteiger partial charge on any atom is 0.181 e. The van der Waals surface area contributed by atoms with Gasteiger partial charge in [-0.25, -0.2) is 15.0 Å². The number of hydrogen-bond donors (Lipinski definition) is 1. The van der Waals surface area contributed by atoms with Crippen molar-refractivity contribution in [1.82, 2.24) is 19.9 Å². The highest BCUT2D eigenvalue weighted by Gasteiger charge is 2.06. The van der Waals surface area contributed by atoms with Crippen molar-refractivity contribution in [2.45, 2.75) is 5.03 Å². The van der Waals surface area contributed by atoms with Crippen LogP contribution in [0.2, 0.25) is 0 Å². The van der Waals surface area contributed by atoms with Gasteiger partial charge in [-0.1, -0.05) is 52.3 Å². The lowest BCUT2D eigenvalue weighted by Crippen LogP contribution is -2.00. The number of benzene rings is 2. The summed E-state index contributed by atoms with van der Waals surface area (Å²) >= 11 is 4.98. The summed E-state index contributed by atoms with van der Waals surface area (Å²) in [6, 6.07) is 15.4. The Kier molecular flexibility index (Phi) is 7.47. The summed E-state index contributed by atoms with van der Waals surface area (Å²) in [6.45, 7) is 0.541. The lowest BCUT2D eigenvalue weighted by molar-refractivity contribution is -0.110. The largest absolute Gasteiger partial charge is 0.493 e. The van der Waals surface area contributed by atoms with Crippen molar-refractivity contribution in [1.29, 1.82) is 0 Å². The maximum atomic E-state index is 12.1. The molecular weight excluding hydrogens is 488 g/mol. The SMILES string of the molecule is O=C(/C=C/c1ccc(Br)cc1)/C=C/c1ccc(OCCSc2ncnc3nc[nH]c23)cc1. The molecule has 6 nitrogen and oxygen atoms in total. The van der Waals surface area contributed by atoms with Crippen LogP contribution in [0.25, 0.3) is 23.3 Å². The van der Waals surface area contributed by atoms with E-state index in [2.05, 4.69) is 35.9 Å². The number of fused-ring (bicyclic) bond motifs is 1. The van der Waals surface area contributed by atoms with Crippen molar-refractivity contribution >= 4 is 56.8 Å². The number of thioether (sulfide) groups is 1. The molecule has 0 atom stereocenters. The molecule has 0 aliphatic rings. The van der Waals surface area contributed by atoms with Crippen LogP contribution in [0.3, 0.4) is 0 Å². The number of carbonyl (C=O) groups is 1. The molecule has 0 fully saturated rings. The van der Waals surface area contributed by atoms with Gasteiger partial charge in [0.25, 0.3) is 0 Å². The molecular formula is C24H19BrN4O2S. The topological polar surface area (TPSA) is 80.8 Å². The van der Waals surface area contributed by atoms with Crippen molar-refractivity contribution in [3.05, 3.63) is 88.9 Å². The minimum Gasteiger partial charge on any atom is -0.493 e. The van der Waals surface area contributed by atoms with E-state index in [0.717, 1.165) is 37.6 Å². The molecule has 0 saturated heterocycles. The Morgan fingerprint density at radius 2 is 1.66 bits per heavy atom. The van der Waals surface area contributed by atoms with Gasteiger partial charge in [0.1, 0.15) is 22.6 Å². The van der Waals surface area contributed by atoms with Crippen LogP contribution in [0, 0.1) is 0 Å². The predicted molar refractivity (Wildman–Crippen MR) is 132 cm³/mol. The van der Waals surface area contributed by atoms with Crippen LogP contribution >= 0.6 is 27.7 Å². The van der Waals surface area contributed by atoms with E-state index in [1.165, 1.54) is 6.33 Å². The molecule has 0 radical (unpaired) electrons. The number of allylic oxidation sites excluding steroid dienone is 2. The normalized spacial score (nSPS) is 11.5. The van der Waals surface area contributed by atoms with Crippen molar-refractivity contribution < 1.29 is 9.53 Å². The number of H-pyrrole nitrogens is 1. The Morgan fingerprint density at radius 3 is 2.38 bits per heavy atom. The first kappa shape index (κ1) is 22.0. The number of imidazole rings is 1. The lowest BCUT2D eigenvalue weighted by Gasteiger charge is -2.06. The molecule has 2 heterocycles. The summed E-state index contributed by atoms with van der Waals surface area (Å²) in [6.07, 6.45) is 9.83.